The minimum absolute atomic E-state index is 0.0102. The van der Waals surface area contributed by atoms with E-state index in [1.54, 1.807) is 13.0 Å². The van der Waals surface area contributed by atoms with Crippen molar-refractivity contribution in [2.24, 2.45) is 0 Å². The number of hydrogen-bond donors (Lipinski definition) is 1. The molecule has 0 radical (unpaired) electrons. The van der Waals surface area contributed by atoms with Crippen molar-refractivity contribution in [3.05, 3.63) is 66.4 Å². The molecule has 0 unspecified atom stereocenters. The van der Waals surface area contributed by atoms with Crippen molar-refractivity contribution in [1.29, 1.82) is 0 Å². The lowest BCUT2D eigenvalue weighted by molar-refractivity contribution is 0.469. The van der Waals surface area contributed by atoms with Gasteiger partial charge in [-0.05, 0) is 42.8 Å². The number of benzene rings is 1. The quantitative estimate of drug-likeness (QED) is 0.800. The molecule has 0 spiro atoms. The molecular formula is C16H13FN2O3S. The highest BCUT2D eigenvalue weighted by molar-refractivity contribution is 7.90. The molecule has 1 aromatic carbocycles. The van der Waals surface area contributed by atoms with Gasteiger partial charge in [-0.15, -0.1) is 0 Å². The Hall–Kier alpha value is -2.67. The van der Waals surface area contributed by atoms with Gasteiger partial charge in [0.05, 0.1) is 5.69 Å². The number of nitrogens with zero attached hydrogens (tertiary/aromatic N) is 2. The third kappa shape index (κ3) is 2.70. The lowest BCUT2D eigenvalue weighted by Crippen LogP contribution is -2.13. The van der Waals surface area contributed by atoms with Crippen molar-refractivity contribution < 1.29 is 17.9 Å². The third-order valence-electron chi connectivity index (χ3n) is 3.34. The Kier molecular flexibility index (Phi) is 3.65. The smallest absolute Gasteiger partial charge is 0.269 e. The summed E-state index contributed by atoms with van der Waals surface area (Å²) >= 11 is 0. The van der Waals surface area contributed by atoms with Gasteiger partial charge in [0.2, 0.25) is 0 Å². The number of phenolic OH excluding ortho intramolecular Hbond substituents is 1. The zero-order valence-corrected chi connectivity index (χ0v) is 13.0. The second-order valence-electron chi connectivity index (χ2n) is 5.06. The summed E-state index contributed by atoms with van der Waals surface area (Å²) in [5.41, 5.74) is 0.937. The van der Waals surface area contributed by atoms with Crippen molar-refractivity contribution in [3.8, 4) is 17.0 Å². The fourth-order valence-corrected chi connectivity index (χ4v) is 3.68. The van der Waals surface area contributed by atoms with Gasteiger partial charge < -0.3 is 5.11 Å². The first-order valence-electron chi connectivity index (χ1n) is 6.73. The van der Waals surface area contributed by atoms with E-state index in [9.17, 15) is 17.9 Å². The van der Waals surface area contributed by atoms with E-state index < -0.39 is 15.8 Å². The Morgan fingerprint density at radius 3 is 2.65 bits per heavy atom. The van der Waals surface area contributed by atoms with Gasteiger partial charge in [0.15, 0.2) is 0 Å². The molecule has 0 saturated carbocycles. The summed E-state index contributed by atoms with van der Waals surface area (Å²) in [7, 11) is -3.90. The number of phenols is 1. The van der Waals surface area contributed by atoms with Gasteiger partial charge in [0.25, 0.3) is 10.0 Å². The fraction of sp³-hybridized carbons (Fsp3) is 0.0625. The zero-order chi connectivity index (χ0) is 16.6. The van der Waals surface area contributed by atoms with Crippen molar-refractivity contribution in [2.75, 3.05) is 0 Å². The zero-order valence-electron chi connectivity index (χ0n) is 12.1. The highest BCUT2D eigenvalue weighted by Crippen LogP contribution is 2.30. The molecule has 3 rings (SSSR count). The van der Waals surface area contributed by atoms with E-state index in [2.05, 4.69) is 4.98 Å². The van der Waals surface area contributed by atoms with Gasteiger partial charge in [0, 0.05) is 30.2 Å². The SMILES string of the molecule is Cc1cc(-c2ccc(O)cc2F)n(S(=O)(=O)c2cccnc2)c1. The van der Waals surface area contributed by atoms with Crippen LogP contribution in [0.25, 0.3) is 11.3 Å². The van der Waals surface area contributed by atoms with Crippen molar-refractivity contribution in [2.45, 2.75) is 11.8 Å². The van der Waals surface area contributed by atoms with Gasteiger partial charge >= 0.3 is 0 Å². The van der Waals surface area contributed by atoms with Crippen LogP contribution in [0.5, 0.6) is 5.75 Å². The van der Waals surface area contributed by atoms with E-state index in [4.69, 9.17) is 0 Å². The van der Waals surface area contributed by atoms with Crippen LogP contribution in [0.1, 0.15) is 5.56 Å². The summed E-state index contributed by atoms with van der Waals surface area (Å²) in [4.78, 5) is 3.83. The van der Waals surface area contributed by atoms with Crippen LogP contribution in [0.3, 0.4) is 0 Å². The topological polar surface area (TPSA) is 72.2 Å². The summed E-state index contributed by atoms with van der Waals surface area (Å²) in [6, 6.07) is 8.11. The highest BCUT2D eigenvalue weighted by atomic mass is 32.2. The number of halogens is 1. The Morgan fingerprint density at radius 2 is 2.00 bits per heavy atom. The van der Waals surface area contributed by atoms with Crippen LogP contribution in [-0.2, 0) is 10.0 Å². The first-order valence-corrected chi connectivity index (χ1v) is 8.17. The standard InChI is InChI=1S/C16H13FN2O3S/c1-11-7-16(14-5-4-12(20)8-15(14)17)19(10-11)23(21,22)13-3-2-6-18-9-13/h2-10,20H,1H3. The van der Waals surface area contributed by atoms with Gasteiger partial charge in [-0.25, -0.2) is 16.8 Å². The number of rotatable bonds is 3. The molecule has 118 valence electrons. The number of aromatic hydroxyl groups is 1. The number of pyridine rings is 1. The largest absolute Gasteiger partial charge is 0.508 e. The highest BCUT2D eigenvalue weighted by Gasteiger charge is 2.22. The average Bonchev–Trinajstić information content (AvgIpc) is 2.90. The number of aryl methyl sites for hydroxylation is 1. The van der Waals surface area contributed by atoms with Crippen LogP contribution in [-0.4, -0.2) is 22.5 Å². The predicted molar refractivity (Wildman–Crippen MR) is 83.0 cm³/mol. The molecule has 0 fully saturated rings. The van der Waals surface area contributed by atoms with Crippen LogP contribution in [0, 0.1) is 12.7 Å². The predicted octanol–water partition coefficient (Wildman–Crippen LogP) is 2.94. The van der Waals surface area contributed by atoms with Crippen LogP contribution in [0.15, 0.2) is 59.9 Å². The molecule has 7 heteroatoms. The molecule has 0 aliphatic carbocycles. The van der Waals surface area contributed by atoms with Crippen LogP contribution >= 0.6 is 0 Å². The van der Waals surface area contributed by atoms with E-state index in [1.165, 1.54) is 42.9 Å². The number of aromatic nitrogens is 2. The fourth-order valence-electron chi connectivity index (χ4n) is 2.29. The van der Waals surface area contributed by atoms with Gasteiger partial charge in [-0.2, -0.15) is 0 Å². The maximum absolute atomic E-state index is 14.1. The van der Waals surface area contributed by atoms with Crippen molar-refractivity contribution >= 4 is 10.0 Å². The summed E-state index contributed by atoms with van der Waals surface area (Å²) in [5, 5.41) is 9.32. The Bertz CT molecular complexity index is 966. The van der Waals surface area contributed by atoms with Gasteiger partial charge in [0.1, 0.15) is 16.5 Å². The molecule has 2 heterocycles. The lowest BCUT2D eigenvalue weighted by Gasteiger charge is -2.11. The van der Waals surface area contributed by atoms with E-state index in [0.717, 1.165) is 10.0 Å². The first kappa shape index (κ1) is 15.2. The molecule has 0 amide bonds. The molecule has 1 N–H and O–H groups in total. The molecule has 0 atom stereocenters. The van der Waals surface area contributed by atoms with E-state index in [1.807, 2.05) is 0 Å². The van der Waals surface area contributed by atoms with E-state index >= 15 is 0 Å². The molecular weight excluding hydrogens is 319 g/mol. The van der Waals surface area contributed by atoms with Crippen molar-refractivity contribution in [1.82, 2.24) is 8.96 Å². The maximum Gasteiger partial charge on any atom is 0.269 e. The summed E-state index contributed by atoms with van der Waals surface area (Å²) < 4.78 is 40.7. The van der Waals surface area contributed by atoms with Gasteiger partial charge in [-0.3, -0.25) is 4.98 Å². The molecule has 0 aliphatic heterocycles. The van der Waals surface area contributed by atoms with Crippen LogP contribution in [0.2, 0.25) is 0 Å². The maximum atomic E-state index is 14.1. The van der Waals surface area contributed by atoms with E-state index in [0.29, 0.717) is 5.56 Å². The summed E-state index contributed by atoms with van der Waals surface area (Å²) in [6.45, 7) is 1.72. The molecule has 0 saturated heterocycles. The molecule has 0 aliphatic rings. The Morgan fingerprint density at radius 1 is 1.22 bits per heavy atom. The molecule has 2 aromatic heterocycles. The summed E-state index contributed by atoms with van der Waals surface area (Å²) in [5.74, 6) is -0.929. The molecule has 5 nitrogen and oxygen atoms in total. The second kappa shape index (κ2) is 5.51. The third-order valence-corrected chi connectivity index (χ3v) is 5.00. The second-order valence-corrected chi connectivity index (χ2v) is 6.87. The Labute approximate surface area is 132 Å². The summed E-state index contributed by atoms with van der Waals surface area (Å²) in [6.07, 6.45) is 4.13. The van der Waals surface area contributed by atoms with E-state index in [-0.39, 0.29) is 21.9 Å². The minimum Gasteiger partial charge on any atom is -0.508 e. The average molecular weight is 332 g/mol. The molecule has 23 heavy (non-hydrogen) atoms. The van der Waals surface area contributed by atoms with Crippen LogP contribution < -0.4 is 0 Å². The van der Waals surface area contributed by atoms with Crippen LogP contribution in [0.4, 0.5) is 4.39 Å². The molecule has 3 aromatic rings. The lowest BCUT2D eigenvalue weighted by atomic mass is 10.1. The van der Waals surface area contributed by atoms with Gasteiger partial charge in [-0.1, -0.05) is 0 Å². The first-order chi connectivity index (χ1) is 10.9. The Balaban J connectivity index is 2.23. The van der Waals surface area contributed by atoms with Crippen molar-refractivity contribution in [3.63, 3.8) is 0 Å². The monoisotopic (exact) mass is 332 g/mol. The number of hydrogen-bond acceptors (Lipinski definition) is 4. The molecule has 0 bridgehead atoms. The minimum atomic E-state index is -3.90. The normalized spacial score (nSPS) is 11.6.